The van der Waals surface area contributed by atoms with Crippen molar-refractivity contribution in [3.05, 3.63) is 59.7 Å². The van der Waals surface area contributed by atoms with E-state index in [9.17, 15) is 14.6 Å². The van der Waals surface area contributed by atoms with E-state index in [4.69, 9.17) is 26.0 Å². The van der Waals surface area contributed by atoms with Gasteiger partial charge >= 0.3 is 36.6 Å². The normalized spacial score (nSPS) is 14.5. The zero-order valence-corrected chi connectivity index (χ0v) is 20.1. The van der Waals surface area contributed by atoms with Gasteiger partial charge in [0.25, 0.3) is 0 Å². The maximum Gasteiger partial charge on any atom is 1.00 e. The number of rotatable bonds is 8. The summed E-state index contributed by atoms with van der Waals surface area (Å²) < 4.78 is 23.2. The SMILES string of the molecule is COc1ccc(/C=N/N(C)[P+](=S)Oc2ccc(C(O)P(=O)([O-])O)cc2)cc1.[Na+]. The van der Waals surface area contributed by atoms with Crippen LogP contribution in [0.25, 0.3) is 0 Å². The molecule has 144 valence electrons. The summed E-state index contributed by atoms with van der Waals surface area (Å²) in [5.74, 6) is -0.844. The molecule has 8 nitrogen and oxygen atoms in total. The molecule has 0 saturated carbocycles. The third kappa shape index (κ3) is 7.52. The van der Waals surface area contributed by atoms with Crippen LogP contribution in [0.3, 0.4) is 0 Å². The summed E-state index contributed by atoms with van der Waals surface area (Å²) in [4.78, 5) is 19.9. The van der Waals surface area contributed by atoms with E-state index < -0.39 is 20.5 Å². The molecule has 12 heteroatoms. The Kier molecular flexibility index (Phi) is 10.2. The first-order valence-corrected chi connectivity index (χ1v) is 11.5. The second-order valence-electron chi connectivity index (χ2n) is 5.34. The van der Waals surface area contributed by atoms with Crippen LogP contribution in [-0.4, -0.2) is 35.2 Å². The Morgan fingerprint density at radius 3 is 2.25 bits per heavy atom. The summed E-state index contributed by atoms with van der Waals surface area (Å²) in [5.41, 5.74) is 0.896. The van der Waals surface area contributed by atoms with Crippen LogP contribution < -0.4 is 43.7 Å². The first-order valence-electron chi connectivity index (χ1n) is 7.59. The van der Waals surface area contributed by atoms with Crippen molar-refractivity contribution in [3.63, 3.8) is 0 Å². The van der Waals surface area contributed by atoms with Gasteiger partial charge in [0.15, 0.2) is 13.3 Å². The Morgan fingerprint density at radius 2 is 1.75 bits per heavy atom. The molecule has 0 bridgehead atoms. The summed E-state index contributed by atoms with van der Waals surface area (Å²) >= 11 is 5.29. The molecular weight excluding hydrogens is 433 g/mol. The monoisotopic (exact) mass is 451 g/mol. The van der Waals surface area contributed by atoms with Crippen LogP contribution in [0.15, 0.2) is 53.6 Å². The van der Waals surface area contributed by atoms with Crippen LogP contribution in [0.1, 0.15) is 17.0 Å². The minimum absolute atomic E-state index is 0. The summed E-state index contributed by atoms with van der Waals surface area (Å²) in [6.45, 7) is 0. The molecule has 2 aromatic rings. The van der Waals surface area contributed by atoms with Crippen LogP contribution in [0.2, 0.25) is 0 Å². The largest absolute Gasteiger partial charge is 1.00 e. The Labute approximate surface area is 191 Å². The number of aliphatic hydroxyl groups excluding tert-OH is 1. The van der Waals surface area contributed by atoms with Crippen molar-refractivity contribution >= 4 is 32.7 Å². The number of ether oxygens (including phenoxy) is 1. The van der Waals surface area contributed by atoms with E-state index in [1.165, 1.54) is 29.0 Å². The third-order valence-corrected chi connectivity index (χ3v) is 6.19. The molecule has 28 heavy (non-hydrogen) atoms. The molecule has 0 heterocycles. The summed E-state index contributed by atoms with van der Waals surface area (Å²) in [6, 6.07) is 12.9. The van der Waals surface area contributed by atoms with Gasteiger partial charge in [-0.15, -0.1) is 5.10 Å². The Bertz CT molecular complexity index is 860. The van der Waals surface area contributed by atoms with Crippen LogP contribution in [-0.2, 0) is 16.4 Å². The van der Waals surface area contributed by atoms with Crippen LogP contribution in [0, 0.1) is 0 Å². The molecule has 0 amide bonds. The molecule has 0 aliphatic carbocycles. The molecule has 2 N–H and O–H groups in total. The van der Waals surface area contributed by atoms with Gasteiger partial charge in [0.2, 0.25) is 11.8 Å². The van der Waals surface area contributed by atoms with Gasteiger partial charge in [-0.25, -0.2) is 0 Å². The zero-order valence-electron chi connectivity index (χ0n) is 15.5. The van der Waals surface area contributed by atoms with Gasteiger partial charge in [0.1, 0.15) is 11.6 Å². The number of hydrazone groups is 1. The maximum atomic E-state index is 11.0. The quantitative estimate of drug-likeness (QED) is 0.236. The van der Waals surface area contributed by atoms with Gasteiger partial charge in [-0.1, -0.05) is 16.9 Å². The second kappa shape index (κ2) is 11.4. The molecule has 0 radical (unpaired) electrons. The van der Waals surface area contributed by atoms with E-state index >= 15 is 0 Å². The fourth-order valence-corrected chi connectivity index (χ4v) is 3.41. The predicted molar refractivity (Wildman–Crippen MR) is 104 cm³/mol. The van der Waals surface area contributed by atoms with Gasteiger partial charge in [-0.05, 0) is 47.5 Å². The number of methoxy groups -OCH3 is 1. The van der Waals surface area contributed by atoms with E-state index in [1.807, 2.05) is 24.3 Å². The van der Waals surface area contributed by atoms with E-state index in [1.54, 1.807) is 20.4 Å². The van der Waals surface area contributed by atoms with Crippen molar-refractivity contribution in [3.8, 4) is 11.5 Å². The molecule has 0 saturated heterocycles. The third-order valence-electron chi connectivity index (χ3n) is 3.40. The van der Waals surface area contributed by atoms with Gasteiger partial charge < -0.3 is 24.2 Å². The van der Waals surface area contributed by atoms with Crippen molar-refractivity contribution in [2.45, 2.75) is 5.85 Å². The Balaban J connectivity index is 0.00000392. The zero-order chi connectivity index (χ0) is 20.0. The summed E-state index contributed by atoms with van der Waals surface area (Å²) in [5, 5.41) is 13.8. The molecule has 0 aromatic heterocycles. The minimum Gasteiger partial charge on any atom is -0.777 e. The van der Waals surface area contributed by atoms with Crippen LogP contribution in [0.4, 0.5) is 0 Å². The minimum atomic E-state index is -4.87. The van der Waals surface area contributed by atoms with E-state index in [2.05, 4.69) is 5.10 Å². The molecule has 0 aliphatic heterocycles. The van der Waals surface area contributed by atoms with E-state index in [-0.39, 0.29) is 35.1 Å². The van der Waals surface area contributed by atoms with E-state index in [0.29, 0.717) is 5.75 Å². The average Bonchev–Trinajstić information content (AvgIpc) is 2.65. The van der Waals surface area contributed by atoms with Gasteiger partial charge in [-0.2, -0.15) is 0 Å². The molecule has 0 fully saturated rings. The fourth-order valence-electron chi connectivity index (χ4n) is 1.92. The standard InChI is InChI=1S/C16H18N2O6P2S.Na/c1-18(17-11-12-3-7-14(23-2)8-4-12)25(27)24-15-9-5-13(6-10-15)16(19)26(20,21)22;/h3-11,16,19H,1-2H3,(H-,20,21,22);/q;+1/b17-11+;. The summed E-state index contributed by atoms with van der Waals surface area (Å²) in [6.07, 6.45) is 1.64. The topological polar surface area (TPSA) is 115 Å². The number of nitrogens with zero attached hydrogens (tertiary/aromatic N) is 2. The molecule has 0 spiro atoms. The predicted octanol–water partition coefficient (Wildman–Crippen LogP) is -0.646. The second-order valence-corrected chi connectivity index (χ2v) is 9.13. The number of benzene rings is 2. The summed E-state index contributed by atoms with van der Waals surface area (Å²) in [7, 11) is -3.10. The first-order chi connectivity index (χ1) is 12.7. The number of hydrogen-bond donors (Lipinski definition) is 2. The van der Waals surface area contributed by atoms with Crippen LogP contribution >= 0.6 is 14.7 Å². The van der Waals surface area contributed by atoms with Crippen LogP contribution in [0.5, 0.6) is 11.5 Å². The number of aliphatic hydroxyl groups is 1. The average molecular weight is 451 g/mol. The maximum absolute atomic E-state index is 11.0. The van der Waals surface area contributed by atoms with Gasteiger partial charge in [0, 0.05) is 0 Å². The van der Waals surface area contributed by atoms with Gasteiger partial charge in [-0.3, -0.25) is 4.52 Å². The number of hydrogen-bond acceptors (Lipinski definition) is 7. The molecule has 3 atom stereocenters. The molecule has 2 rings (SSSR count). The Hall–Kier alpha value is -0.860. The fraction of sp³-hybridized carbons (Fsp3) is 0.188. The van der Waals surface area contributed by atoms with Crippen molar-refractivity contribution in [1.29, 1.82) is 0 Å². The van der Waals surface area contributed by atoms with Gasteiger partial charge in [0.05, 0.1) is 20.4 Å². The smallest absolute Gasteiger partial charge is 0.777 e. The van der Waals surface area contributed by atoms with Crippen molar-refractivity contribution in [2.24, 2.45) is 5.10 Å². The van der Waals surface area contributed by atoms with Crippen molar-refractivity contribution in [1.82, 2.24) is 4.78 Å². The van der Waals surface area contributed by atoms with E-state index in [0.717, 1.165) is 11.3 Å². The molecule has 0 aliphatic rings. The first kappa shape index (κ1) is 25.2. The molecule has 3 unspecified atom stereocenters. The van der Waals surface area contributed by atoms with Crippen molar-refractivity contribution < 1.29 is 58.3 Å². The van der Waals surface area contributed by atoms with Crippen molar-refractivity contribution in [2.75, 3.05) is 14.2 Å². The molecular formula is C16H18N2NaO6P2S+. The molecule has 2 aromatic carbocycles. The Morgan fingerprint density at radius 1 is 1.21 bits per heavy atom.